The number of hydrogen-bond donors (Lipinski definition) is 1. The Balaban J connectivity index is 2.45. The molecule has 0 amide bonds. The predicted molar refractivity (Wildman–Crippen MR) is 92.4 cm³/mol. The van der Waals surface area contributed by atoms with Crippen LogP contribution in [0.5, 0.6) is 5.75 Å². The molecule has 25 heavy (non-hydrogen) atoms. The van der Waals surface area contributed by atoms with Crippen LogP contribution in [0, 0.1) is 0 Å². The molecule has 2 aromatic carbocycles. The van der Waals surface area contributed by atoms with Gasteiger partial charge < -0.3 is 14.8 Å². The molecular formula is C18H18ClF2NO3. The molecule has 0 aliphatic carbocycles. The van der Waals surface area contributed by atoms with E-state index in [9.17, 15) is 13.6 Å². The van der Waals surface area contributed by atoms with Gasteiger partial charge >= 0.3 is 11.9 Å². The van der Waals surface area contributed by atoms with Crippen LogP contribution < -0.4 is 10.1 Å². The van der Waals surface area contributed by atoms with Crippen molar-refractivity contribution in [2.75, 3.05) is 19.0 Å². The number of anilines is 1. The lowest BCUT2D eigenvalue weighted by atomic mass is 9.99. The average Bonchev–Trinajstić information content (AvgIpc) is 2.61. The number of ether oxygens (including phenoxy) is 2. The van der Waals surface area contributed by atoms with E-state index >= 15 is 0 Å². The highest BCUT2D eigenvalue weighted by Crippen LogP contribution is 2.38. The highest BCUT2D eigenvalue weighted by atomic mass is 35.5. The maximum atomic E-state index is 14.8. The van der Waals surface area contributed by atoms with Crippen molar-refractivity contribution in [1.29, 1.82) is 0 Å². The monoisotopic (exact) mass is 369 g/mol. The van der Waals surface area contributed by atoms with Crippen LogP contribution >= 0.6 is 11.6 Å². The molecule has 0 aliphatic rings. The summed E-state index contributed by atoms with van der Waals surface area (Å²) in [5, 5.41) is 3.10. The molecule has 0 bridgehead atoms. The number of halogens is 3. The summed E-state index contributed by atoms with van der Waals surface area (Å²) < 4.78 is 39.2. The highest BCUT2D eigenvalue weighted by molar-refractivity contribution is 6.30. The number of methoxy groups -OCH3 is 1. The predicted octanol–water partition coefficient (Wildman–Crippen LogP) is 4.70. The van der Waals surface area contributed by atoms with Gasteiger partial charge in [0.15, 0.2) is 0 Å². The molecule has 1 atom stereocenters. The second-order valence-electron chi connectivity index (χ2n) is 5.17. The number of rotatable bonds is 7. The molecule has 0 saturated carbocycles. The first-order valence-corrected chi connectivity index (χ1v) is 7.98. The summed E-state index contributed by atoms with van der Waals surface area (Å²) in [7, 11) is 1.43. The minimum Gasteiger partial charge on any atom is -0.495 e. The van der Waals surface area contributed by atoms with Gasteiger partial charge in [-0.25, -0.2) is 4.79 Å². The van der Waals surface area contributed by atoms with Gasteiger partial charge in [0, 0.05) is 5.02 Å². The first kappa shape index (κ1) is 19.0. The fraction of sp³-hybridized carbons (Fsp3) is 0.278. The molecule has 1 unspecified atom stereocenters. The smallest absolute Gasteiger partial charge is 0.379 e. The van der Waals surface area contributed by atoms with Crippen molar-refractivity contribution in [3.05, 3.63) is 59.1 Å². The lowest BCUT2D eigenvalue weighted by molar-refractivity contribution is -0.173. The summed E-state index contributed by atoms with van der Waals surface area (Å²) in [6, 6.07) is 10.8. The van der Waals surface area contributed by atoms with E-state index < -0.39 is 17.9 Å². The number of carbonyl (C=O) groups excluding carboxylic acids is 1. The molecule has 0 aliphatic heterocycles. The van der Waals surface area contributed by atoms with Crippen LogP contribution in [0.1, 0.15) is 18.5 Å². The first-order valence-electron chi connectivity index (χ1n) is 7.60. The van der Waals surface area contributed by atoms with Crippen LogP contribution in [0.15, 0.2) is 48.5 Å². The zero-order valence-electron chi connectivity index (χ0n) is 13.8. The molecule has 2 rings (SSSR count). The number of benzene rings is 2. The molecular weight excluding hydrogens is 352 g/mol. The largest absolute Gasteiger partial charge is 0.495 e. The first-order chi connectivity index (χ1) is 11.9. The third-order valence-corrected chi connectivity index (χ3v) is 3.77. The van der Waals surface area contributed by atoms with Crippen LogP contribution in [0.25, 0.3) is 0 Å². The van der Waals surface area contributed by atoms with Gasteiger partial charge in [-0.1, -0.05) is 35.9 Å². The second kappa shape index (κ2) is 8.16. The Labute approximate surface area is 149 Å². The second-order valence-corrected chi connectivity index (χ2v) is 5.61. The van der Waals surface area contributed by atoms with Gasteiger partial charge in [0.05, 0.1) is 19.4 Å². The van der Waals surface area contributed by atoms with E-state index in [2.05, 4.69) is 10.1 Å². The quantitative estimate of drug-likeness (QED) is 0.719. The summed E-state index contributed by atoms with van der Waals surface area (Å²) in [4.78, 5) is 11.8. The summed E-state index contributed by atoms with van der Waals surface area (Å²) in [6.45, 7) is 1.33. The van der Waals surface area contributed by atoms with E-state index in [0.29, 0.717) is 16.5 Å². The van der Waals surface area contributed by atoms with Crippen molar-refractivity contribution in [2.24, 2.45) is 0 Å². The molecule has 0 saturated heterocycles. The molecule has 7 heteroatoms. The zero-order valence-corrected chi connectivity index (χ0v) is 14.5. The lowest BCUT2D eigenvalue weighted by Gasteiger charge is -2.28. The molecule has 0 heterocycles. The lowest BCUT2D eigenvalue weighted by Crippen LogP contribution is -2.41. The van der Waals surface area contributed by atoms with E-state index in [1.165, 1.54) is 38.3 Å². The van der Waals surface area contributed by atoms with Gasteiger partial charge in [-0.15, -0.1) is 0 Å². The fourth-order valence-electron chi connectivity index (χ4n) is 2.30. The van der Waals surface area contributed by atoms with E-state index in [4.69, 9.17) is 16.3 Å². The maximum Gasteiger partial charge on any atom is 0.379 e. The molecule has 0 radical (unpaired) electrons. The van der Waals surface area contributed by atoms with Gasteiger partial charge in [0.25, 0.3) is 0 Å². The SMILES string of the molecule is CCOC(=O)C(F)(F)C(Nc1ccccc1OC)c1ccc(Cl)cc1. The zero-order chi connectivity index (χ0) is 18.4. The summed E-state index contributed by atoms with van der Waals surface area (Å²) >= 11 is 5.83. The molecule has 0 aromatic heterocycles. The maximum absolute atomic E-state index is 14.8. The highest BCUT2D eigenvalue weighted by Gasteiger charge is 2.50. The molecule has 134 valence electrons. The minimum atomic E-state index is -3.80. The molecule has 1 N–H and O–H groups in total. The Morgan fingerprint density at radius 3 is 2.44 bits per heavy atom. The van der Waals surface area contributed by atoms with Gasteiger partial charge in [-0.05, 0) is 36.8 Å². The van der Waals surface area contributed by atoms with Crippen molar-refractivity contribution < 1.29 is 23.0 Å². The molecule has 4 nitrogen and oxygen atoms in total. The van der Waals surface area contributed by atoms with E-state index in [1.54, 1.807) is 24.3 Å². The van der Waals surface area contributed by atoms with Gasteiger partial charge in [0.1, 0.15) is 11.8 Å². The van der Waals surface area contributed by atoms with Crippen molar-refractivity contribution >= 4 is 23.3 Å². The standard InChI is InChI=1S/C18H18ClF2NO3/c1-3-25-17(23)18(20,21)16(12-8-10-13(19)11-9-12)22-14-6-4-5-7-15(14)24-2/h4-11,16,22H,3H2,1-2H3. The molecule has 0 fully saturated rings. The topological polar surface area (TPSA) is 47.6 Å². The summed E-state index contributed by atoms with van der Waals surface area (Å²) in [5.41, 5.74) is 0.516. The minimum absolute atomic E-state index is 0.142. The number of alkyl halides is 2. The fourth-order valence-corrected chi connectivity index (χ4v) is 2.43. The normalized spacial score (nSPS) is 12.4. The van der Waals surface area contributed by atoms with E-state index in [-0.39, 0.29) is 12.2 Å². The van der Waals surface area contributed by atoms with Crippen LogP contribution in [0.3, 0.4) is 0 Å². The Morgan fingerprint density at radius 2 is 1.84 bits per heavy atom. The number of esters is 1. The van der Waals surface area contributed by atoms with E-state index in [1.807, 2.05) is 0 Å². The van der Waals surface area contributed by atoms with Crippen molar-refractivity contribution in [3.63, 3.8) is 0 Å². The number of hydrogen-bond acceptors (Lipinski definition) is 4. The Kier molecular flexibility index (Phi) is 6.20. The Bertz CT molecular complexity index is 723. The Hall–Kier alpha value is -2.34. The van der Waals surface area contributed by atoms with Crippen molar-refractivity contribution in [3.8, 4) is 5.75 Å². The number of para-hydroxylation sites is 2. The van der Waals surface area contributed by atoms with E-state index in [0.717, 1.165) is 0 Å². The third-order valence-electron chi connectivity index (χ3n) is 3.52. The van der Waals surface area contributed by atoms with Crippen molar-refractivity contribution in [1.82, 2.24) is 0 Å². The van der Waals surface area contributed by atoms with Crippen LogP contribution in [0.4, 0.5) is 14.5 Å². The molecule has 0 spiro atoms. The Morgan fingerprint density at radius 1 is 1.20 bits per heavy atom. The van der Waals surface area contributed by atoms with Crippen LogP contribution in [-0.4, -0.2) is 25.6 Å². The number of carbonyl (C=O) groups is 1. The van der Waals surface area contributed by atoms with Crippen molar-refractivity contribution in [2.45, 2.75) is 18.9 Å². The summed E-state index contributed by atoms with van der Waals surface area (Å²) in [6.07, 6.45) is 0. The van der Waals surface area contributed by atoms with Crippen LogP contribution in [0.2, 0.25) is 5.02 Å². The van der Waals surface area contributed by atoms with Gasteiger partial charge in [0.2, 0.25) is 0 Å². The van der Waals surface area contributed by atoms with Crippen LogP contribution in [-0.2, 0) is 9.53 Å². The summed E-state index contributed by atoms with van der Waals surface area (Å²) in [5.74, 6) is -5.02. The molecule has 2 aromatic rings. The average molecular weight is 370 g/mol. The number of nitrogens with one attached hydrogen (secondary N) is 1. The van der Waals surface area contributed by atoms with Gasteiger partial charge in [-0.3, -0.25) is 0 Å². The van der Waals surface area contributed by atoms with Gasteiger partial charge in [-0.2, -0.15) is 8.78 Å². The third kappa shape index (κ3) is 4.39.